The van der Waals surface area contributed by atoms with E-state index in [1.807, 2.05) is 48.6 Å². The Hall–Kier alpha value is -4.06. The van der Waals surface area contributed by atoms with Crippen molar-refractivity contribution in [2.45, 2.75) is 13.8 Å². The fraction of sp³-hybridized carbons (Fsp3) is 0.0833. The highest BCUT2D eigenvalue weighted by molar-refractivity contribution is 6.07. The van der Waals surface area contributed by atoms with Crippen molar-refractivity contribution in [3.05, 3.63) is 70.3 Å². The number of hydrogen-bond acceptors (Lipinski definition) is 4. The van der Waals surface area contributed by atoms with Crippen LogP contribution in [0.25, 0.3) is 46.4 Å². The fourth-order valence-corrected chi connectivity index (χ4v) is 3.81. The first-order valence-electron chi connectivity index (χ1n) is 9.60. The predicted octanol–water partition coefficient (Wildman–Crippen LogP) is 5.06. The van der Waals surface area contributed by atoms with Gasteiger partial charge in [0.1, 0.15) is 0 Å². The van der Waals surface area contributed by atoms with E-state index < -0.39 is 0 Å². The molecule has 0 aliphatic carbocycles. The van der Waals surface area contributed by atoms with Crippen molar-refractivity contribution in [3.63, 3.8) is 0 Å². The van der Waals surface area contributed by atoms with Gasteiger partial charge in [0.2, 0.25) is 0 Å². The molecule has 0 saturated heterocycles. The van der Waals surface area contributed by atoms with E-state index in [0.717, 1.165) is 22.4 Å². The molecular weight excluding hydrogens is 376 g/mol. The van der Waals surface area contributed by atoms with Gasteiger partial charge in [-0.25, -0.2) is 9.97 Å². The number of carbonyl (C=O) groups is 2. The van der Waals surface area contributed by atoms with Crippen LogP contribution in [-0.4, -0.2) is 31.5 Å². The summed E-state index contributed by atoms with van der Waals surface area (Å²) in [4.78, 5) is 40.7. The second-order valence-electron chi connectivity index (χ2n) is 7.32. The van der Waals surface area contributed by atoms with Crippen molar-refractivity contribution in [3.8, 4) is 0 Å². The minimum Gasteiger partial charge on any atom is -0.355 e. The summed E-state index contributed by atoms with van der Waals surface area (Å²) in [6.07, 6.45) is 7.42. The van der Waals surface area contributed by atoms with Gasteiger partial charge in [-0.15, -0.1) is 0 Å². The third-order valence-electron chi connectivity index (χ3n) is 5.10. The molecule has 6 heteroatoms. The maximum Gasteiger partial charge on any atom is 0.164 e. The summed E-state index contributed by atoms with van der Waals surface area (Å²) in [6.45, 7) is 3.03. The maximum atomic E-state index is 12.5. The summed E-state index contributed by atoms with van der Waals surface area (Å²) in [5.41, 5.74) is 6.67. The molecule has 6 nitrogen and oxygen atoms in total. The number of aromatic nitrogens is 4. The first-order chi connectivity index (χ1) is 14.5. The molecule has 3 aromatic heterocycles. The van der Waals surface area contributed by atoms with Gasteiger partial charge in [-0.3, -0.25) is 9.59 Å². The molecule has 30 heavy (non-hydrogen) atoms. The monoisotopic (exact) mass is 394 g/mol. The number of aromatic amines is 2. The Labute approximate surface area is 172 Å². The number of ketones is 2. The lowest BCUT2D eigenvalue weighted by atomic mass is 10.1. The van der Waals surface area contributed by atoms with Crippen LogP contribution in [0, 0.1) is 0 Å². The summed E-state index contributed by atoms with van der Waals surface area (Å²) in [5, 5.41) is 0. The molecule has 8 bridgehead atoms. The lowest BCUT2D eigenvalue weighted by molar-refractivity contribution is 0.101. The SMILES string of the molecule is CC(=O)c1c2nc(cc3ccc(cc4nc(c(C(C)=O)c5ccc1[nH]5)C=C4)[nH]3)C=C2. The third-order valence-corrected chi connectivity index (χ3v) is 5.10. The number of fused-ring (bicyclic) bond motifs is 8. The molecule has 0 atom stereocenters. The number of carbonyl (C=O) groups excluding carboxylic acids is 2. The largest absolute Gasteiger partial charge is 0.355 e. The molecule has 0 aromatic carbocycles. The molecular formula is C24H18N4O2. The lowest BCUT2D eigenvalue weighted by Gasteiger charge is -1.99. The van der Waals surface area contributed by atoms with E-state index in [0.29, 0.717) is 33.5 Å². The van der Waals surface area contributed by atoms with Crippen molar-refractivity contribution in [1.82, 2.24) is 19.9 Å². The first-order valence-corrected chi connectivity index (χ1v) is 9.60. The summed E-state index contributed by atoms with van der Waals surface area (Å²) in [5.74, 6) is -0.215. The van der Waals surface area contributed by atoms with Crippen molar-refractivity contribution in [2.24, 2.45) is 0 Å². The van der Waals surface area contributed by atoms with Gasteiger partial charge < -0.3 is 9.97 Å². The highest BCUT2D eigenvalue weighted by atomic mass is 16.1. The Morgan fingerprint density at radius 2 is 1.13 bits per heavy atom. The zero-order chi connectivity index (χ0) is 20.8. The summed E-state index contributed by atoms with van der Waals surface area (Å²) in [7, 11) is 0. The second kappa shape index (κ2) is 6.77. The Bertz CT molecular complexity index is 1350. The molecule has 0 radical (unpaired) electrons. The Kier molecular flexibility index (Phi) is 4.06. The van der Waals surface area contributed by atoms with Crippen LogP contribution in [0.15, 0.2) is 36.4 Å². The Balaban J connectivity index is 1.97. The zero-order valence-corrected chi connectivity index (χ0v) is 16.5. The van der Waals surface area contributed by atoms with E-state index in [-0.39, 0.29) is 11.6 Å². The Morgan fingerprint density at radius 1 is 0.667 bits per heavy atom. The van der Waals surface area contributed by atoms with Crippen molar-refractivity contribution >= 4 is 57.9 Å². The van der Waals surface area contributed by atoms with Crippen LogP contribution in [0.4, 0.5) is 0 Å². The third kappa shape index (κ3) is 3.08. The van der Waals surface area contributed by atoms with Crippen molar-refractivity contribution in [2.75, 3.05) is 0 Å². The quantitative estimate of drug-likeness (QED) is 0.409. The van der Waals surface area contributed by atoms with E-state index in [2.05, 4.69) is 19.9 Å². The van der Waals surface area contributed by atoms with Crippen LogP contribution in [0.3, 0.4) is 0 Å². The number of H-pyrrole nitrogens is 2. The van der Waals surface area contributed by atoms with Gasteiger partial charge in [0.15, 0.2) is 11.6 Å². The predicted molar refractivity (Wildman–Crippen MR) is 119 cm³/mol. The maximum absolute atomic E-state index is 12.5. The van der Waals surface area contributed by atoms with E-state index >= 15 is 0 Å². The standard InChI is InChI=1S/C24H18N4O2/c1-13(29)23-19-7-5-17(26-19)11-15-3-4-16(25-15)12-18-6-8-20(27-18)24(14(2)30)22-10-9-21(23)28-22/h3-12,25,28H,1-2H3. The topological polar surface area (TPSA) is 91.5 Å². The molecule has 2 aliphatic heterocycles. The van der Waals surface area contributed by atoms with Gasteiger partial charge >= 0.3 is 0 Å². The molecule has 0 saturated carbocycles. The molecule has 0 amide bonds. The second-order valence-corrected chi connectivity index (χ2v) is 7.32. The van der Waals surface area contributed by atoms with Crippen molar-refractivity contribution < 1.29 is 9.59 Å². The molecule has 0 spiro atoms. The molecule has 2 N–H and O–H groups in total. The molecule has 5 heterocycles. The fourth-order valence-electron chi connectivity index (χ4n) is 3.81. The van der Waals surface area contributed by atoms with Gasteiger partial charge in [0.25, 0.3) is 0 Å². The Morgan fingerprint density at radius 3 is 1.57 bits per heavy atom. The minimum atomic E-state index is -0.107. The average molecular weight is 394 g/mol. The number of nitrogens with zero attached hydrogens (tertiary/aromatic N) is 2. The number of nitrogens with one attached hydrogen (secondary N) is 2. The summed E-state index contributed by atoms with van der Waals surface area (Å²) >= 11 is 0. The van der Waals surface area contributed by atoms with Gasteiger partial charge in [0, 0.05) is 11.0 Å². The summed E-state index contributed by atoms with van der Waals surface area (Å²) < 4.78 is 0. The van der Waals surface area contributed by atoms with E-state index in [1.165, 1.54) is 13.8 Å². The van der Waals surface area contributed by atoms with Crippen LogP contribution in [0.1, 0.15) is 57.3 Å². The molecule has 0 unspecified atom stereocenters. The zero-order valence-electron chi connectivity index (χ0n) is 16.5. The average Bonchev–Trinajstić information content (AvgIpc) is 3.46. The first kappa shape index (κ1) is 18.0. The van der Waals surface area contributed by atoms with Crippen molar-refractivity contribution in [1.29, 1.82) is 0 Å². The van der Waals surface area contributed by atoms with Gasteiger partial charge in [-0.1, -0.05) is 0 Å². The van der Waals surface area contributed by atoms with Gasteiger partial charge in [-0.2, -0.15) is 0 Å². The number of hydrogen-bond donors (Lipinski definition) is 2. The molecule has 2 aliphatic rings. The highest BCUT2D eigenvalue weighted by Gasteiger charge is 2.15. The molecule has 146 valence electrons. The smallest absolute Gasteiger partial charge is 0.164 e. The van der Waals surface area contributed by atoms with Gasteiger partial charge in [0.05, 0.1) is 44.9 Å². The lowest BCUT2D eigenvalue weighted by Crippen LogP contribution is -1.98. The van der Waals surface area contributed by atoms with E-state index in [1.54, 1.807) is 12.1 Å². The highest BCUT2D eigenvalue weighted by Crippen LogP contribution is 2.24. The summed E-state index contributed by atoms with van der Waals surface area (Å²) in [6, 6.07) is 11.4. The van der Waals surface area contributed by atoms with Crippen LogP contribution in [0.2, 0.25) is 0 Å². The van der Waals surface area contributed by atoms with Crippen LogP contribution in [0.5, 0.6) is 0 Å². The molecule has 0 fully saturated rings. The molecule has 3 aromatic rings. The normalized spacial score (nSPS) is 12.3. The number of Topliss-reactive ketones (excluding diaryl/α,β-unsaturated/α-hetero) is 2. The minimum absolute atomic E-state index is 0.107. The van der Waals surface area contributed by atoms with E-state index in [4.69, 9.17) is 0 Å². The molecule has 5 rings (SSSR count). The van der Waals surface area contributed by atoms with Crippen LogP contribution in [-0.2, 0) is 0 Å². The van der Waals surface area contributed by atoms with Gasteiger partial charge in [-0.05, 0) is 74.5 Å². The number of rotatable bonds is 2. The van der Waals surface area contributed by atoms with E-state index in [9.17, 15) is 9.59 Å². The van der Waals surface area contributed by atoms with Crippen LogP contribution >= 0.6 is 0 Å². The van der Waals surface area contributed by atoms with Crippen LogP contribution < -0.4 is 0 Å².